The Labute approximate surface area is 215 Å². The van der Waals surface area contributed by atoms with Crippen LogP contribution in [-0.2, 0) is 54.1 Å². The number of esters is 4. The second kappa shape index (κ2) is 12.4. The molecule has 37 heavy (non-hydrogen) atoms. The minimum absolute atomic E-state index is 0.0659. The Kier molecular flexibility index (Phi) is 9.28. The molecule has 1 aromatic heterocycles. The van der Waals surface area contributed by atoms with E-state index in [2.05, 4.69) is 0 Å². The molecule has 0 fully saturated rings. The molecule has 0 amide bonds. The Morgan fingerprint density at radius 1 is 1.00 bits per heavy atom. The lowest BCUT2D eigenvalue weighted by atomic mass is 10.0. The maximum absolute atomic E-state index is 12.6. The molecule has 1 aliphatic rings. The van der Waals surface area contributed by atoms with Crippen LogP contribution in [0.1, 0.15) is 34.1 Å². The number of carbonyl (C=O) groups excluding carboxylic acids is 4. The largest absolute Gasteiger partial charge is 0.462 e. The maximum Gasteiger partial charge on any atom is 0.320 e. The summed E-state index contributed by atoms with van der Waals surface area (Å²) < 4.78 is 35.0. The third-order valence-corrected chi connectivity index (χ3v) is 6.14. The van der Waals surface area contributed by atoms with Gasteiger partial charge in [0.2, 0.25) is 0 Å². The van der Waals surface area contributed by atoms with E-state index in [0.29, 0.717) is 5.39 Å². The molecule has 3 rings (SSSR count). The smallest absolute Gasteiger partial charge is 0.320 e. The molecule has 3 atom stereocenters. The number of hydrogen-bond acceptors (Lipinski definition) is 12. The first-order chi connectivity index (χ1) is 17.5. The highest BCUT2D eigenvalue weighted by Gasteiger charge is 2.43. The van der Waals surface area contributed by atoms with Crippen LogP contribution >= 0.6 is 11.5 Å². The molecule has 0 radical (unpaired) electrons. The minimum Gasteiger partial charge on any atom is -0.462 e. The highest BCUT2D eigenvalue weighted by Crippen LogP contribution is 2.30. The van der Waals surface area contributed by atoms with Crippen LogP contribution in [0.4, 0.5) is 0 Å². The van der Waals surface area contributed by atoms with E-state index in [1.807, 2.05) is 12.1 Å². The Morgan fingerprint density at radius 2 is 1.70 bits per heavy atom. The van der Waals surface area contributed by atoms with Gasteiger partial charge in [0.1, 0.15) is 19.3 Å². The molecule has 1 aliphatic heterocycles. The summed E-state index contributed by atoms with van der Waals surface area (Å²) in [5.41, 5.74) is -0.183. The van der Waals surface area contributed by atoms with Crippen LogP contribution in [0.2, 0.25) is 0 Å². The maximum atomic E-state index is 12.6. The SMILES string of the molecule is CC(=O)OCC1OC(OCCn2sc3ccccc3c2=O)=C(OC(C)=O)CC(OC(C)=O)C1OC(C)=O. The first kappa shape index (κ1) is 27.7. The number of ether oxygens (including phenoxy) is 6. The topological polar surface area (TPSA) is 146 Å². The van der Waals surface area contributed by atoms with E-state index in [1.54, 1.807) is 12.1 Å². The monoisotopic (exact) mass is 537 g/mol. The normalized spacial score (nSPS) is 19.4. The minimum atomic E-state index is -1.22. The van der Waals surface area contributed by atoms with Gasteiger partial charge in [-0.05, 0) is 12.1 Å². The Bertz CT molecular complexity index is 1260. The molecule has 0 spiro atoms. The van der Waals surface area contributed by atoms with Gasteiger partial charge in [-0.3, -0.25) is 27.9 Å². The fourth-order valence-corrected chi connectivity index (χ4v) is 4.62. The molecule has 2 heterocycles. The molecule has 12 nitrogen and oxygen atoms in total. The van der Waals surface area contributed by atoms with Crippen LogP contribution in [0.5, 0.6) is 0 Å². The highest BCUT2D eigenvalue weighted by atomic mass is 32.1. The molecule has 0 saturated carbocycles. The molecule has 0 saturated heterocycles. The lowest BCUT2D eigenvalue weighted by Gasteiger charge is -2.29. The van der Waals surface area contributed by atoms with Crippen molar-refractivity contribution in [2.45, 2.75) is 59.0 Å². The van der Waals surface area contributed by atoms with Crippen molar-refractivity contribution in [3.8, 4) is 0 Å². The predicted molar refractivity (Wildman–Crippen MR) is 128 cm³/mol. The van der Waals surface area contributed by atoms with Gasteiger partial charge in [-0.25, -0.2) is 0 Å². The first-order valence-electron chi connectivity index (χ1n) is 11.3. The lowest BCUT2D eigenvalue weighted by molar-refractivity contribution is -0.182. The third-order valence-electron chi connectivity index (χ3n) is 5.02. The molecule has 0 aliphatic carbocycles. The number of nitrogens with zero attached hydrogens (tertiary/aromatic N) is 1. The van der Waals surface area contributed by atoms with Crippen LogP contribution < -0.4 is 5.56 Å². The Balaban J connectivity index is 1.90. The summed E-state index contributed by atoms with van der Waals surface area (Å²) in [6, 6.07) is 7.16. The van der Waals surface area contributed by atoms with Gasteiger partial charge in [0, 0.05) is 27.7 Å². The van der Waals surface area contributed by atoms with Gasteiger partial charge < -0.3 is 28.4 Å². The third kappa shape index (κ3) is 7.56. The molecule has 0 bridgehead atoms. The second-order valence-electron chi connectivity index (χ2n) is 8.03. The van der Waals surface area contributed by atoms with Crippen molar-refractivity contribution in [2.75, 3.05) is 13.2 Å². The summed E-state index contributed by atoms with van der Waals surface area (Å²) in [5, 5.41) is 0.577. The molecule has 2 aromatic rings. The number of hydrogen-bond donors (Lipinski definition) is 0. The number of carbonyl (C=O) groups is 4. The van der Waals surface area contributed by atoms with Gasteiger partial charge in [-0.15, -0.1) is 0 Å². The number of rotatable bonds is 9. The van der Waals surface area contributed by atoms with Crippen molar-refractivity contribution >= 4 is 45.5 Å². The quantitative estimate of drug-likeness (QED) is 0.342. The predicted octanol–water partition coefficient (Wildman–Crippen LogP) is 2.03. The van der Waals surface area contributed by atoms with Gasteiger partial charge in [0.15, 0.2) is 18.0 Å². The zero-order chi connectivity index (χ0) is 27.1. The molecule has 1 aromatic carbocycles. The van der Waals surface area contributed by atoms with Crippen LogP contribution in [-0.4, -0.2) is 59.4 Å². The van der Waals surface area contributed by atoms with Crippen molar-refractivity contribution in [3.05, 3.63) is 46.3 Å². The van der Waals surface area contributed by atoms with E-state index in [-0.39, 0.29) is 43.4 Å². The van der Waals surface area contributed by atoms with Gasteiger partial charge in [0.05, 0.1) is 23.1 Å². The molecular formula is C24H27NO11S. The average molecular weight is 538 g/mol. The Morgan fingerprint density at radius 3 is 2.32 bits per heavy atom. The van der Waals surface area contributed by atoms with E-state index in [4.69, 9.17) is 28.4 Å². The Hall–Kier alpha value is -3.87. The summed E-state index contributed by atoms with van der Waals surface area (Å²) in [5.74, 6) is -3.11. The van der Waals surface area contributed by atoms with Gasteiger partial charge in [0.25, 0.3) is 5.56 Å². The van der Waals surface area contributed by atoms with E-state index >= 15 is 0 Å². The van der Waals surface area contributed by atoms with Gasteiger partial charge in [-0.1, -0.05) is 23.7 Å². The van der Waals surface area contributed by atoms with Gasteiger partial charge >= 0.3 is 29.8 Å². The van der Waals surface area contributed by atoms with E-state index in [1.165, 1.54) is 22.4 Å². The molecule has 0 N–H and O–H groups in total. The number of fused-ring (bicyclic) bond motifs is 1. The van der Waals surface area contributed by atoms with E-state index in [0.717, 1.165) is 25.5 Å². The van der Waals surface area contributed by atoms with Crippen molar-refractivity contribution in [3.63, 3.8) is 0 Å². The zero-order valence-electron chi connectivity index (χ0n) is 20.7. The lowest BCUT2D eigenvalue weighted by Crippen LogP contribution is -2.45. The van der Waals surface area contributed by atoms with Crippen LogP contribution in [0.25, 0.3) is 10.1 Å². The summed E-state index contributed by atoms with van der Waals surface area (Å²) in [6.45, 7) is 4.35. The van der Waals surface area contributed by atoms with Crippen molar-refractivity contribution in [2.24, 2.45) is 0 Å². The fourth-order valence-electron chi connectivity index (χ4n) is 3.64. The fraction of sp³-hybridized carbons (Fsp3) is 0.458. The molecule has 200 valence electrons. The van der Waals surface area contributed by atoms with Crippen LogP contribution in [0.3, 0.4) is 0 Å². The second-order valence-corrected chi connectivity index (χ2v) is 9.10. The van der Waals surface area contributed by atoms with Crippen LogP contribution in [0, 0.1) is 0 Å². The van der Waals surface area contributed by atoms with Crippen molar-refractivity contribution in [1.82, 2.24) is 3.96 Å². The molecular weight excluding hydrogens is 510 g/mol. The average Bonchev–Trinajstić information content (AvgIpc) is 3.06. The standard InChI is InChI=1S/C24H27NO11S/c1-13(26)32-12-20-22(35-16(4)29)18(33-14(2)27)11-19(34-15(3)28)24(36-20)31-10-9-25-23(30)17-7-5-6-8-21(17)37-25/h5-8,18,20,22H,9-12H2,1-4H3. The summed E-state index contributed by atoms with van der Waals surface area (Å²) in [4.78, 5) is 59.5. The summed E-state index contributed by atoms with van der Waals surface area (Å²) >= 11 is 1.26. The highest BCUT2D eigenvalue weighted by molar-refractivity contribution is 7.13. The zero-order valence-corrected chi connectivity index (χ0v) is 21.5. The molecule has 3 unspecified atom stereocenters. The summed E-state index contributed by atoms with van der Waals surface area (Å²) in [7, 11) is 0. The van der Waals surface area contributed by atoms with E-state index < -0.39 is 42.2 Å². The van der Waals surface area contributed by atoms with E-state index in [9.17, 15) is 24.0 Å². The summed E-state index contributed by atoms with van der Waals surface area (Å²) in [6.07, 6.45) is -3.79. The van der Waals surface area contributed by atoms with Crippen LogP contribution in [0.15, 0.2) is 40.8 Å². The number of aromatic nitrogens is 1. The van der Waals surface area contributed by atoms with Crippen molar-refractivity contribution < 1.29 is 47.6 Å². The molecule has 13 heteroatoms. The number of benzene rings is 1. The van der Waals surface area contributed by atoms with Crippen molar-refractivity contribution in [1.29, 1.82) is 0 Å². The first-order valence-corrected chi connectivity index (χ1v) is 12.1. The van der Waals surface area contributed by atoms with Gasteiger partial charge in [-0.2, -0.15) is 0 Å².